The third-order valence-electron chi connectivity index (χ3n) is 4.43. The summed E-state index contributed by atoms with van der Waals surface area (Å²) in [6.07, 6.45) is 1.32. The molecule has 2 aromatic rings. The Bertz CT molecular complexity index is 792. The molecule has 0 radical (unpaired) electrons. The van der Waals surface area contributed by atoms with Crippen LogP contribution in [0, 0.1) is 11.8 Å². The van der Waals surface area contributed by atoms with Crippen molar-refractivity contribution in [3.8, 4) is 5.75 Å². The van der Waals surface area contributed by atoms with Crippen LogP contribution >= 0.6 is 11.6 Å². The average Bonchev–Trinajstić information content (AvgIpc) is 3.44. The summed E-state index contributed by atoms with van der Waals surface area (Å²) < 4.78 is 5.14. The Labute approximate surface area is 157 Å². The van der Waals surface area contributed by atoms with E-state index < -0.39 is 0 Å². The topological polar surface area (TPSA) is 67.4 Å². The summed E-state index contributed by atoms with van der Waals surface area (Å²) in [5.41, 5.74) is 1.78. The van der Waals surface area contributed by atoms with E-state index in [-0.39, 0.29) is 23.7 Å². The first kappa shape index (κ1) is 18.3. The summed E-state index contributed by atoms with van der Waals surface area (Å²) in [6, 6.07) is 14.7. The van der Waals surface area contributed by atoms with Crippen LogP contribution < -0.4 is 15.4 Å². The SMILES string of the molecule is COc1cccc(NC(=O)C2CC2C(=O)NCCc2ccc(Cl)cc2)c1. The van der Waals surface area contributed by atoms with Gasteiger partial charge in [-0.1, -0.05) is 29.8 Å². The maximum Gasteiger partial charge on any atom is 0.228 e. The van der Waals surface area contributed by atoms with Crippen molar-refractivity contribution in [3.63, 3.8) is 0 Å². The Kier molecular flexibility index (Phi) is 5.78. The summed E-state index contributed by atoms with van der Waals surface area (Å²) in [5.74, 6) is -0.0292. The molecule has 26 heavy (non-hydrogen) atoms. The lowest BCUT2D eigenvalue weighted by atomic mass is 10.1. The van der Waals surface area contributed by atoms with E-state index in [2.05, 4.69) is 10.6 Å². The van der Waals surface area contributed by atoms with Gasteiger partial charge < -0.3 is 15.4 Å². The molecule has 2 amide bonds. The van der Waals surface area contributed by atoms with Crippen molar-refractivity contribution in [1.29, 1.82) is 0 Å². The summed E-state index contributed by atoms with van der Waals surface area (Å²) in [5, 5.41) is 6.44. The number of benzene rings is 2. The minimum absolute atomic E-state index is 0.0650. The predicted molar refractivity (Wildman–Crippen MR) is 101 cm³/mol. The van der Waals surface area contributed by atoms with Gasteiger partial charge in [-0.05, 0) is 42.7 Å². The molecule has 1 saturated carbocycles. The molecule has 2 aromatic carbocycles. The maximum absolute atomic E-state index is 12.3. The number of methoxy groups -OCH3 is 1. The lowest BCUT2D eigenvalue weighted by Crippen LogP contribution is -2.29. The van der Waals surface area contributed by atoms with Gasteiger partial charge in [0.15, 0.2) is 0 Å². The first-order valence-electron chi connectivity index (χ1n) is 8.54. The Morgan fingerprint density at radius 1 is 1.12 bits per heavy atom. The van der Waals surface area contributed by atoms with Crippen LogP contribution in [0.15, 0.2) is 48.5 Å². The van der Waals surface area contributed by atoms with Gasteiger partial charge in [-0.2, -0.15) is 0 Å². The highest BCUT2D eigenvalue weighted by atomic mass is 35.5. The van der Waals surface area contributed by atoms with Crippen LogP contribution in [-0.2, 0) is 16.0 Å². The van der Waals surface area contributed by atoms with Gasteiger partial charge in [-0.3, -0.25) is 9.59 Å². The van der Waals surface area contributed by atoms with Gasteiger partial charge in [-0.15, -0.1) is 0 Å². The largest absolute Gasteiger partial charge is 0.497 e. The first-order chi connectivity index (χ1) is 12.6. The van der Waals surface area contributed by atoms with E-state index >= 15 is 0 Å². The van der Waals surface area contributed by atoms with Crippen molar-refractivity contribution in [2.45, 2.75) is 12.8 Å². The highest BCUT2D eigenvalue weighted by Gasteiger charge is 2.47. The van der Waals surface area contributed by atoms with Crippen LogP contribution in [0.5, 0.6) is 5.75 Å². The zero-order valence-electron chi connectivity index (χ0n) is 14.5. The lowest BCUT2D eigenvalue weighted by molar-refractivity contribution is -0.125. The number of carbonyl (C=O) groups excluding carboxylic acids is 2. The fourth-order valence-electron chi connectivity index (χ4n) is 2.82. The molecule has 0 spiro atoms. The third kappa shape index (κ3) is 4.76. The van der Waals surface area contributed by atoms with Gasteiger partial charge in [0.05, 0.1) is 18.9 Å². The molecule has 5 nitrogen and oxygen atoms in total. The number of halogens is 1. The molecule has 3 rings (SSSR count). The Hall–Kier alpha value is -2.53. The monoisotopic (exact) mass is 372 g/mol. The number of hydrogen-bond acceptors (Lipinski definition) is 3. The van der Waals surface area contributed by atoms with Gasteiger partial charge in [0.25, 0.3) is 0 Å². The number of rotatable bonds is 7. The van der Waals surface area contributed by atoms with E-state index in [0.29, 0.717) is 29.4 Å². The van der Waals surface area contributed by atoms with E-state index in [0.717, 1.165) is 12.0 Å². The lowest BCUT2D eigenvalue weighted by Gasteiger charge is -2.07. The minimum atomic E-state index is -0.267. The fourth-order valence-corrected chi connectivity index (χ4v) is 2.95. The number of anilines is 1. The molecule has 2 unspecified atom stereocenters. The van der Waals surface area contributed by atoms with Gasteiger partial charge in [0.2, 0.25) is 11.8 Å². The van der Waals surface area contributed by atoms with E-state index in [9.17, 15) is 9.59 Å². The molecule has 1 aliphatic rings. The van der Waals surface area contributed by atoms with Crippen molar-refractivity contribution < 1.29 is 14.3 Å². The van der Waals surface area contributed by atoms with Crippen LogP contribution in [0.2, 0.25) is 5.02 Å². The zero-order valence-corrected chi connectivity index (χ0v) is 15.3. The standard InChI is InChI=1S/C20H21ClN2O3/c1-26-16-4-2-3-15(11-16)23-20(25)18-12-17(18)19(24)22-10-9-13-5-7-14(21)8-6-13/h2-8,11,17-18H,9-10,12H2,1H3,(H,22,24)(H,23,25). The molecule has 0 saturated heterocycles. The summed E-state index contributed by atoms with van der Waals surface area (Å²) in [6.45, 7) is 0.543. The molecule has 0 aliphatic heterocycles. The number of carbonyl (C=O) groups is 2. The number of amides is 2. The predicted octanol–water partition coefficient (Wildman–Crippen LogP) is 3.28. The van der Waals surface area contributed by atoms with E-state index in [1.807, 2.05) is 36.4 Å². The van der Waals surface area contributed by atoms with Crippen LogP contribution in [0.25, 0.3) is 0 Å². The second-order valence-corrected chi connectivity index (χ2v) is 6.77. The van der Waals surface area contributed by atoms with Crippen LogP contribution in [0.4, 0.5) is 5.69 Å². The normalized spacial score (nSPS) is 18.1. The summed E-state index contributed by atoms with van der Waals surface area (Å²) in [7, 11) is 1.58. The molecule has 0 heterocycles. The van der Waals surface area contributed by atoms with Crippen molar-refractivity contribution in [2.75, 3.05) is 19.0 Å². The molecule has 2 atom stereocenters. The molecule has 6 heteroatoms. The van der Waals surface area contributed by atoms with Crippen LogP contribution in [0.1, 0.15) is 12.0 Å². The highest BCUT2D eigenvalue weighted by molar-refractivity contribution is 6.30. The molecule has 0 aromatic heterocycles. The van der Waals surface area contributed by atoms with Gasteiger partial charge >= 0.3 is 0 Å². The summed E-state index contributed by atoms with van der Waals surface area (Å²) in [4.78, 5) is 24.5. The zero-order chi connectivity index (χ0) is 18.5. The Balaban J connectivity index is 1.43. The second kappa shape index (κ2) is 8.23. The number of nitrogens with one attached hydrogen (secondary N) is 2. The minimum Gasteiger partial charge on any atom is -0.497 e. The molecule has 0 bridgehead atoms. The molecule has 1 aliphatic carbocycles. The van der Waals surface area contributed by atoms with E-state index in [1.165, 1.54) is 0 Å². The molecular weight excluding hydrogens is 352 g/mol. The van der Waals surface area contributed by atoms with Gasteiger partial charge in [0, 0.05) is 23.3 Å². The number of ether oxygens (including phenoxy) is 1. The van der Waals surface area contributed by atoms with E-state index in [4.69, 9.17) is 16.3 Å². The maximum atomic E-state index is 12.3. The second-order valence-electron chi connectivity index (χ2n) is 6.34. The van der Waals surface area contributed by atoms with Crippen LogP contribution in [-0.4, -0.2) is 25.5 Å². The highest BCUT2D eigenvalue weighted by Crippen LogP contribution is 2.39. The van der Waals surface area contributed by atoms with Crippen LogP contribution in [0.3, 0.4) is 0 Å². The smallest absolute Gasteiger partial charge is 0.228 e. The molecular formula is C20H21ClN2O3. The van der Waals surface area contributed by atoms with Crippen molar-refractivity contribution in [2.24, 2.45) is 11.8 Å². The molecule has 1 fully saturated rings. The summed E-state index contributed by atoms with van der Waals surface area (Å²) >= 11 is 5.85. The van der Waals surface area contributed by atoms with Gasteiger partial charge in [-0.25, -0.2) is 0 Å². The third-order valence-corrected chi connectivity index (χ3v) is 4.68. The van der Waals surface area contributed by atoms with E-state index in [1.54, 1.807) is 19.2 Å². The quantitative estimate of drug-likeness (QED) is 0.783. The number of hydrogen-bond donors (Lipinski definition) is 2. The van der Waals surface area contributed by atoms with Crippen molar-refractivity contribution >= 4 is 29.1 Å². The Morgan fingerprint density at radius 3 is 2.58 bits per heavy atom. The molecule has 2 N–H and O–H groups in total. The van der Waals surface area contributed by atoms with Crippen molar-refractivity contribution in [3.05, 3.63) is 59.1 Å². The average molecular weight is 373 g/mol. The molecule has 136 valence electrons. The van der Waals surface area contributed by atoms with Gasteiger partial charge in [0.1, 0.15) is 5.75 Å². The fraction of sp³-hybridized carbons (Fsp3) is 0.300. The first-order valence-corrected chi connectivity index (χ1v) is 8.91. The Morgan fingerprint density at radius 2 is 1.85 bits per heavy atom. The van der Waals surface area contributed by atoms with Crippen molar-refractivity contribution in [1.82, 2.24) is 5.32 Å².